The molecule has 2 unspecified atom stereocenters. The third kappa shape index (κ3) is 3.74. The van der Waals surface area contributed by atoms with Crippen molar-refractivity contribution in [3.05, 3.63) is 71.8 Å². The molecule has 1 aliphatic rings. The van der Waals surface area contributed by atoms with E-state index >= 15 is 0 Å². The van der Waals surface area contributed by atoms with Crippen LogP contribution in [-0.4, -0.2) is 28.4 Å². The monoisotopic (exact) mass is 297 g/mol. The first-order valence-corrected chi connectivity index (χ1v) is 7.80. The molecule has 0 amide bonds. The summed E-state index contributed by atoms with van der Waals surface area (Å²) in [5.74, 6) is 0. The van der Waals surface area contributed by atoms with Crippen molar-refractivity contribution in [2.45, 2.75) is 38.3 Å². The van der Waals surface area contributed by atoms with E-state index in [2.05, 4.69) is 29.2 Å². The van der Waals surface area contributed by atoms with Gasteiger partial charge in [-0.25, -0.2) is 0 Å². The van der Waals surface area contributed by atoms with Crippen LogP contribution in [0.25, 0.3) is 0 Å². The first kappa shape index (κ1) is 15.2. The molecule has 0 aromatic heterocycles. The molecule has 1 heterocycles. The molecule has 3 rings (SSSR count). The van der Waals surface area contributed by atoms with Gasteiger partial charge in [-0.3, -0.25) is 4.90 Å². The standard InChI is InChI=1S/C19H23NO2/c1-19(21)12-18(22-15-17-10-6-3-7-11-17)14-20(19)13-16-8-4-2-5-9-16/h2-11,18,21H,12-15H2,1H3. The van der Waals surface area contributed by atoms with Gasteiger partial charge < -0.3 is 9.84 Å². The van der Waals surface area contributed by atoms with E-state index in [0.29, 0.717) is 13.0 Å². The second kappa shape index (κ2) is 6.61. The summed E-state index contributed by atoms with van der Waals surface area (Å²) >= 11 is 0. The summed E-state index contributed by atoms with van der Waals surface area (Å²) in [5.41, 5.74) is 1.58. The quantitative estimate of drug-likeness (QED) is 0.920. The van der Waals surface area contributed by atoms with Crippen LogP contribution in [0.1, 0.15) is 24.5 Å². The normalized spacial score (nSPS) is 25.5. The summed E-state index contributed by atoms with van der Waals surface area (Å²) < 4.78 is 5.99. The summed E-state index contributed by atoms with van der Waals surface area (Å²) in [4.78, 5) is 2.10. The minimum Gasteiger partial charge on any atom is -0.376 e. The summed E-state index contributed by atoms with van der Waals surface area (Å²) in [6.07, 6.45) is 0.714. The van der Waals surface area contributed by atoms with Crippen LogP contribution in [0, 0.1) is 0 Å². The van der Waals surface area contributed by atoms with Gasteiger partial charge in [-0.1, -0.05) is 60.7 Å². The van der Waals surface area contributed by atoms with E-state index in [-0.39, 0.29) is 6.10 Å². The highest BCUT2D eigenvalue weighted by atomic mass is 16.5. The van der Waals surface area contributed by atoms with Crippen LogP contribution in [0.3, 0.4) is 0 Å². The second-order valence-corrected chi connectivity index (χ2v) is 6.21. The molecule has 2 aromatic rings. The molecule has 2 aromatic carbocycles. The highest BCUT2D eigenvalue weighted by Crippen LogP contribution is 2.30. The van der Waals surface area contributed by atoms with Gasteiger partial charge in [0.25, 0.3) is 0 Å². The lowest BCUT2D eigenvalue weighted by molar-refractivity contribution is -0.0703. The topological polar surface area (TPSA) is 32.7 Å². The van der Waals surface area contributed by atoms with E-state index in [0.717, 1.165) is 13.1 Å². The Hall–Kier alpha value is -1.68. The van der Waals surface area contributed by atoms with E-state index in [4.69, 9.17) is 4.74 Å². The molecule has 1 fully saturated rings. The Morgan fingerprint density at radius 1 is 1.05 bits per heavy atom. The van der Waals surface area contributed by atoms with E-state index in [1.54, 1.807) is 0 Å². The minimum atomic E-state index is -0.808. The molecule has 0 spiro atoms. The number of hydrogen-bond acceptors (Lipinski definition) is 3. The van der Waals surface area contributed by atoms with E-state index in [1.807, 2.05) is 43.3 Å². The highest BCUT2D eigenvalue weighted by Gasteiger charge is 2.40. The van der Waals surface area contributed by atoms with Crippen molar-refractivity contribution in [2.75, 3.05) is 6.54 Å². The molecule has 0 bridgehead atoms. The lowest BCUT2D eigenvalue weighted by Gasteiger charge is -2.29. The Bertz CT molecular complexity index is 583. The van der Waals surface area contributed by atoms with Gasteiger partial charge in [0.2, 0.25) is 0 Å². The van der Waals surface area contributed by atoms with Crippen molar-refractivity contribution in [3.8, 4) is 0 Å². The Balaban J connectivity index is 1.58. The number of rotatable bonds is 5. The SMILES string of the molecule is CC1(O)CC(OCc2ccccc2)CN1Cc1ccccc1. The lowest BCUT2D eigenvalue weighted by Crippen LogP contribution is -2.40. The van der Waals surface area contributed by atoms with Crippen LogP contribution >= 0.6 is 0 Å². The number of nitrogens with zero attached hydrogens (tertiary/aromatic N) is 1. The largest absolute Gasteiger partial charge is 0.376 e. The van der Waals surface area contributed by atoms with E-state index in [1.165, 1.54) is 11.1 Å². The first-order chi connectivity index (χ1) is 10.6. The van der Waals surface area contributed by atoms with Gasteiger partial charge in [0, 0.05) is 19.5 Å². The third-order valence-corrected chi connectivity index (χ3v) is 4.26. The molecule has 1 saturated heterocycles. The molecule has 1 N–H and O–H groups in total. The predicted octanol–water partition coefficient (Wildman–Crippen LogP) is 3.19. The van der Waals surface area contributed by atoms with Crippen molar-refractivity contribution >= 4 is 0 Å². The zero-order chi connectivity index (χ0) is 15.4. The average Bonchev–Trinajstić information content (AvgIpc) is 2.81. The number of hydrogen-bond donors (Lipinski definition) is 1. The van der Waals surface area contributed by atoms with E-state index < -0.39 is 5.72 Å². The summed E-state index contributed by atoms with van der Waals surface area (Å²) in [7, 11) is 0. The van der Waals surface area contributed by atoms with Crippen LogP contribution in [0.4, 0.5) is 0 Å². The minimum absolute atomic E-state index is 0.0684. The number of aliphatic hydroxyl groups is 1. The second-order valence-electron chi connectivity index (χ2n) is 6.21. The molecule has 22 heavy (non-hydrogen) atoms. The molecule has 2 atom stereocenters. The Morgan fingerprint density at radius 3 is 2.27 bits per heavy atom. The van der Waals surface area contributed by atoms with Gasteiger partial charge in [-0.05, 0) is 18.1 Å². The summed E-state index contributed by atoms with van der Waals surface area (Å²) in [5, 5.41) is 10.6. The van der Waals surface area contributed by atoms with Gasteiger partial charge in [-0.2, -0.15) is 0 Å². The maximum atomic E-state index is 10.6. The molecular weight excluding hydrogens is 274 g/mol. The van der Waals surface area contributed by atoms with Crippen molar-refractivity contribution in [1.82, 2.24) is 4.90 Å². The Kier molecular flexibility index (Phi) is 4.57. The Morgan fingerprint density at radius 2 is 1.64 bits per heavy atom. The van der Waals surface area contributed by atoms with Crippen LogP contribution in [0.15, 0.2) is 60.7 Å². The van der Waals surface area contributed by atoms with Crippen molar-refractivity contribution in [2.24, 2.45) is 0 Å². The van der Waals surface area contributed by atoms with Gasteiger partial charge in [0.15, 0.2) is 0 Å². The van der Waals surface area contributed by atoms with Gasteiger partial charge in [0.1, 0.15) is 5.72 Å². The Labute approximate surface area is 132 Å². The maximum Gasteiger partial charge on any atom is 0.118 e. The maximum absolute atomic E-state index is 10.6. The third-order valence-electron chi connectivity index (χ3n) is 4.26. The molecule has 3 heteroatoms. The molecular formula is C19H23NO2. The smallest absolute Gasteiger partial charge is 0.118 e. The number of benzene rings is 2. The fraction of sp³-hybridized carbons (Fsp3) is 0.368. The summed E-state index contributed by atoms with van der Waals surface area (Å²) in [6, 6.07) is 20.4. The summed E-state index contributed by atoms with van der Waals surface area (Å²) in [6.45, 7) is 3.98. The molecule has 1 aliphatic heterocycles. The van der Waals surface area contributed by atoms with Crippen molar-refractivity contribution < 1.29 is 9.84 Å². The van der Waals surface area contributed by atoms with E-state index in [9.17, 15) is 5.11 Å². The van der Waals surface area contributed by atoms with Crippen molar-refractivity contribution in [1.29, 1.82) is 0 Å². The van der Waals surface area contributed by atoms with Gasteiger partial charge in [0.05, 0.1) is 12.7 Å². The molecule has 116 valence electrons. The number of likely N-dealkylation sites (tertiary alicyclic amines) is 1. The zero-order valence-electron chi connectivity index (χ0n) is 13.0. The van der Waals surface area contributed by atoms with Crippen molar-refractivity contribution in [3.63, 3.8) is 0 Å². The zero-order valence-corrected chi connectivity index (χ0v) is 13.0. The van der Waals surface area contributed by atoms with Crippen LogP contribution in [0.2, 0.25) is 0 Å². The fourth-order valence-electron chi connectivity index (χ4n) is 3.01. The van der Waals surface area contributed by atoms with Crippen LogP contribution < -0.4 is 0 Å². The van der Waals surface area contributed by atoms with Gasteiger partial charge in [-0.15, -0.1) is 0 Å². The first-order valence-electron chi connectivity index (χ1n) is 7.80. The van der Waals surface area contributed by atoms with Crippen LogP contribution in [0.5, 0.6) is 0 Å². The molecule has 0 radical (unpaired) electrons. The average molecular weight is 297 g/mol. The fourth-order valence-corrected chi connectivity index (χ4v) is 3.01. The molecule has 0 saturated carbocycles. The van der Waals surface area contributed by atoms with Crippen LogP contribution in [-0.2, 0) is 17.9 Å². The molecule has 3 nitrogen and oxygen atoms in total. The highest BCUT2D eigenvalue weighted by molar-refractivity contribution is 5.15. The molecule has 0 aliphatic carbocycles. The van der Waals surface area contributed by atoms with Gasteiger partial charge >= 0.3 is 0 Å². The lowest BCUT2D eigenvalue weighted by atomic mass is 10.1. The number of ether oxygens (including phenoxy) is 1. The predicted molar refractivity (Wildman–Crippen MR) is 87.1 cm³/mol.